The van der Waals surface area contributed by atoms with E-state index in [-0.39, 0.29) is 11.7 Å². The minimum atomic E-state index is 0.111. The number of carbonyl (C=O) groups excluding carboxylic acids is 1. The lowest BCUT2D eigenvalue weighted by Crippen LogP contribution is -2.28. The Morgan fingerprint density at radius 3 is 2.95 bits per heavy atom. The highest BCUT2D eigenvalue weighted by Gasteiger charge is 2.43. The van der Waals surface area contributed by atoms with Gasteiger partial charge in [0.25, 0.3) is 0 Å². The normalized spacial score (nSPS) is 29.2. The molecule has 1 N–H and O–H groups in total. The first-order chi connectivity index (χ1) is 9.22. The van der Waals surface area contributed by atoms with Crippen LogP contribution in [0.15, 0.2) is 28.7 Å². The number of aryl methyl sites for hydroxylation is 1. The molecule has 1 aromatic heterocycles. The molecule has 3 heterocycles. The number of para-hydroxylation sites is 1. The van der Waals surface area contributed by atoms with Crippen LogP contribution in [0.1, 0.15) is 35.4 Å². The number of furan rings is 1. The number of hydrogen-bond donors (Lipinski definition) is 1. The molecule has 98 valence electrons. The van der Waals surface area contributed by atoms with Crippen LogP contribution >= 0.6 is 0 Å². The van der Waals surface area contributed by atoms with E-state index in [9.17, 15) is 4.79 Å². The zero-order chi connectivity index (χ0) is 13.0. The summed E-state index contributed by atoms with van der Waals surface area (Å²) < 4.78 is 5.80. The van der Waals surface area contributed by atoms with E-state index in [4.69, 9.17) is 4.42 Å². The van der Waals surface area contributed by atoms with Crippen molar-refractivity contribution in [2.75, 3.05) is 0 Å². The van der Waals surface area contributed by atoms with Gasteiger partial charge in [0.05, 0.1) is 0 Å². The van der Waals surface area contributed by atoms with Crippen molar-refractivity contribution in [2.45, 2.75) is 38.3 Å². The highest BCUT2D eigenvalue weighted by molar-refractivity contribution is 6.00. The van der Waals surface area contributed by atoms with E-state index in [2.05, 4.69) is 5.32 Å². The molecule has 0 saturated carbocycles. The number of benzene rings is 1. The second-order valence-electron chi connectivity index (χ2n) is 5.86. The molecule has 3 heteroatoms. The maximum atomic E-state index is 12.6. The third-order valence-electron chi connectivity index (χ3n) is 4.62. The molecule has 2 aromatic rings. The van der Waals surface area contributed by atoms with Crippen molar-refractivity contribution in [3.63, 3.8) is 0 Å². The first kappa shape index (κ1) is 11.2. The Hall–Kier alpha value is -1.61. The number of Topliss-reactive ketones (excluding diaryl/α,β-unsaturated/α-hetero) is 1. The molecular weight excluding hydrogens is 238 g/mol. The number of fused-ring (bicyclic) bond motifs is 3. The number of rotatable bonds is 2. The van der Waals surface area contributed by atoms with Gasteiger partial charge in [-0.1, -0.05) is 18.2 Å². The maximum Gasteiger partial charge on any atom is 0.202 e. The van der Waals surface area contributed by atoms with Crippen molar-refractivity contribution in [2.24, 2.45) is 5.92 Å². The molecule has 4 rings (SSSR count). The lowest BCUT2D eigenvalue weighted by molar-refractivity contribution is 0.0874. The number of ketones is 1. The molecule has 2 saturated heterocycles. The maximum absolute atomic E-state index is 12.6. The number of nitrogens with one attached hydrogen (secondary N) is 1. The van der Waals surface area contributed by atoms with Crippen molar-refractivity contribution in [3.8, 4) is 0 Å². The zero-order valence-corrected chi connectivity index (χ0v) is 11.0. The van der Waals surface area contributed by atoms with Gasteiger partial charge in [0.1, 0.15) is 5.58 Å². The highest BCUT2D eigenvalue weighted by Crippen LogP contribution is 2.36. The van der Waals surface area contributed by atoms with Crippen LogP contribution < -0.4 is 5.32 Å². The molecule has 3 nitrogen and oxygen atoms in total. The topological polar surface area (TPSA) is 42.2 Å². The van der Waals surface area contributed by atoms with Gasteiger partial charge < -0.3 is 9.73 Å². The van der Waals surface area contributed by atoms with Crippen LogP contribution in [-0.2, 0) is 0 Å². The van der Waals surface area contributed by atoms with Crippen molar-refractivity contribution < 1.29 is 9.21 Å². The van der Waals surface area contributed by atoms with Gasteiger partial charge in [-0.3, -0.25) is 4.79 Å². The van der Waals surface area contributed by atoms with Gasteiger partial charge in [-0.05, 0) is 37.8 Å². The monoisotopic (exact) mass is 255 g/mol. The van der Waals surface area contributed by atoms with Gasteiger partial charge in [-0.2, -0.15) is 0 Å². The Kier molecular flexibility index (Phi) is 2.33. The molecule has 3 unspecified atom stereocenters. The summed E-state index contributed by atoms with van der Waals surface area (Å²) in [6.07, 6.45) is 3.31. The van der Waals surface area contributed by atoms with Crippen LogP contribution in [0.4, 0.5) is 0 Å². The lowest BCUT2D eigenvalue weighted by Gasteiger charge is -2.17. The first-order valence-electron chi connectivity index (χ1n) is 7.02. The standard InChI is InChI=1S/C16H17NO2/c1-9-3-2-4-10-7-14(19-16(9)10)15(18)12-8-11-5-6-13(12)17-11/h2-4,7,11-13,17H,5-6,8H2,1H3. The molecule has 0 radical (unpaired) electrons. The molecular formula is C16H17NO2. The molecule has 0 aliphatic carbocycles. The Bertz CT molecular complexity index is 658. The largest absolute Gasteiger partial charge is 0.453 e. The summed E-state index contributed by atoms with van der Waals surface area (Å²) in [6, 6.07) is 8.83. The summed E-state index contributed by atoms with van der Waals surface area (Å²) in [4.78, 5) is 12.6. The Labute approximate surface area is 112 Å². The molecule has 2 aliphatic rings. The van der Waals surface area contributed by atoms with Crippen LogP contribution in [0.3, 0.4) is 0 Å². The predicted octanol–water partition coefficient (Wildman–Crippen LogP) is 3.06. The smallest absolute Gasteiger partial charge is 0.202 e. The van der Waals surface area contributed by atoms with Crippen LogP contribution in [0.5, 0.6) is 0 Å². The average Bonchev–Trinajstić information content (AvgIpc) is 3.12. The van der Waals surface area contributed by atoms with Gasteiger partial charge in [0.15, 0.2) is 5.76 Å². The summed E-state index contributed by atoms with van der Waals surface area (Å²) in [7, 11) is 0. The summed E-state index contributed by atoms with van der Waals surface area (Å²) in [6.45, 7) is 2.01. The third-order valence-corrected chi connectivity index (χ3v) is 4.62. The predicted molar refractivity (Wildman–Crippen MR) is 73.3 cm³/mol. The van der Waals surface area contributed by atoms with E-state index in [1.54, 1.807) is 0 Å². The summed E-state index contributed by atoms with van der Waals surface area (Å²) in [5.74, 6) is 0.818. The number of carbonyl (C=O) groups is 1. The van der Waals surface area contributed by atoms with Crippen molar-refractivity contribution in [1.29, 1.82) is 0 Å². The van der Waals surface area contributed by atoms with E-state index in [1.165, 1.54) is 6.42 Å². The van der Waals surface area contributed by atoms with Crippen molar-refractivity contribution >= 4 is 16.8 Å². The van der Waals surface area contributed by atoms with E-state index in [0.717, 1.165) is 29.4 Å². The van der Waals surface area contributed by atoms with Crippen molar-refractivity contribution in [3.05, 3.63) is 35.6 Å². The third kappa shape index (κ3) is 1.65. The highest BCUT2D eigenvalue weighted by atomic mass is 16.3. The van der Waals surface area contributed by atoms with E-state index in [0.29, 0.717) is 17.8 Å². The molecule has 0 spiro atoms. The SMILES string of the molecule is Cc1cccc2cc(C(=O)C3CC4CCC3N4)oc12. The minimum Gasteiger partial charge on any atom is -0.453 e. The quantitative estimate of drug-likeness (QED) is 0.839. The fraction of sp³-hybridized carbons (Fsp3) is 0.438. The van der Waals surface area contributed by atoms with E-state index >= 15 is 0 Å². The Balaban J connectivity index is 1.70. The summed E-state index contributed by atoms with van der Waals surface area (Å²) in [5, 5.41) is 4.54. The van der Waals surface area contributed by atoms with Crippen LogP contribution in [0.2, 0.25) is 0 Å². The first-order valence-corrected chi connectivity index (χ1v) is 7.02. The second kappa shape index (κ2) is 3.94. The fourth-order valence-corrected chi connectivity index (χ4v) is 3.63. The fourth-order valence-electron chi connectivity index (χ4n) is 3.63. The molecule has 1 aromatic carbocycles. The van der Waals surface area contributed by atoms with E-state index in [1.807, 2.05) is 31.2 Å². The average molecular weight is 255 g/mol. The van der Waals surface area contributed by atoms with Gasteiger partial charge in [-0.25, -0.2) is 0 Å². The Morgan fingerprint density at radius 2 is 2.26 bits per heavy atom. The number of hydrogen-bond acceptors (Lipinski definition) is 3. The lowest BCUT2D eigenvalue weighted by atomic mass is 9.85. The van der Waals surface area contributed by atoms with Gasteiger partial charge in [0, 0.05) is 23.4 Å². The zero-order valence-electron chi connectivity index (χ0n) is 11.0. The summed E-state index contributed by atoms with van der Waals surface area (Å²) in [5.41, 5.74) is 1.93. The second-order valence-corrected chi connectivity index (χ2v) is 5.86. The molecule has 0 amide bonds. The van der Waals surface area contributed by atoms with Crippen LogP contribution in [0, 0.1) is 12.8 Å². The molecule has 2 fully saturated rings. The molecule has 2 aliphatic heterocycles. The van der Waals surface area contributed by atoms with Gasteiger partial charge in [0.2, 0.25) is 5.78 Å². The summed E-state index contributed by atoms with van der Waals surface area (Å²) >= 11 is 0. The van der Waals surface area contributed by atoms with Crippen molar-refractivity contribution in [1.82, 2.24) is 5.32 Å². The molecule has 19 heavy (non-hydrogen) atoms. The van der Waals surface area contributed by atoms with Crippen LogP contribution in [0.25, 0.3) is 11.0 Å². The minimum absolute atomic E-state index is 0.111. The molecule has 2 bridgehead atoms. The van der Waals surface area contributed by atoms with E-state index < -0.39 is 0 Å². The van der Waals surface area contributed by atoms with Gasteiger partial charge >= 0.3 is 0 Å². The molecule has 3 atom stereocenters. The van der Waals surface area contributed by atoms with Crippen LogP contribution in [-0.4, -0.2) is 17.9 Å². The Morgan fingerprint density at radius 1 is 1.37 bits per heavy atom. The van der Waals surface area contributed by atoms with Gasteiger partial charge in [-0.15, -0.1) is 0 Å².